The Morgan fingerprint density at radius 1 is 0.808 bits per heavy atom. The van der Waals surface area contributed by atoms with Crippen molar-refractivity contribution in [2.75, 3.05) is 0 Å². The third kappa shape index (κ3) is 6.53. The molecule has 0 saturated heterocycles. The maximum atomic E-state index is 2.70. The van der Waals surface area contributed by atoms with Crippen molar-refractivity contribution in [2.45, 2.75) is 85.6 Å². The van der Waals surface area contributed by atoms with Crippen LogP contribution in [0.2, 0.25) is 19.3 Å². The van der Waals surface area contributed by atoms with Crippen LogP contribution in [-0.4, -0.2) is 5.92 Å². The molecule has 0 amide bonds. The van der Waals surface area contributed by atoms with Gasteiger partial charge in [-0.1, -0.05) is 0 Å². The molecule has 0 radical (unpaired) electrons. The fourth-order valence-corrected chi connectivity index (χ4v) is 33.5. The van der Waals surface area contributed by atoms with Crippen molar-refractivity contribution in [3.8, 4) is 0 Å². The zero-order valence-electron chi connectivity index (χ0n) is 17.6. The second kappa shape index (κ2) is 11.9. The molecule has 0 aromatic rings. The van der Waals surface area contributed by atoms with Crippen LogP contribution in [0.15, 0.2) is 47.6 Å². The van der Waals surface area contributed by atoms with Gasteiger partial charge in [0.1, 0.15) is 0 Å². The number of rotatable bonds is 9. The van der Waals surface area contributed by atoms with Gasteiger partial charge in [-0.2, -0.15) is 0 Å². The summed E-state index contributed by atoms with van der Waals surface area (Å²) in [7, 11) is 0. The summed E-state index contributed by atoms with van der Waals surface area (Å²) < 4.78 is 0.864. The average molecular weight is 583 g/mol. The zero-order valence-corrected chi connectivity index (χ0v) is 24.6. The topological polar surface area (TPSA) is 0 Å². The van der Waals surface area contributed by atoms with E-state index in [1.807, 2.05) is 0 Å². The SMILES string of the molecule is Br.Br.CCCCC1=C[C](C)([Zr]([SiH](C)C)[C]2(C)C=CC(CCCC)=C2)C=C1. The molecule has 2 aliphatic rings. The van der Waals surface area contributed by atoms with Gasteiger partial charge in [-0.05, 0) is 0 Å². The van der Waals surface area contributed by atoms with Crippen molar-refractivity contribution in [3.63, 3.8) is 0 Å². The van der Waals surface area contributed by atoms with Crippen molar-refractivity contribution in [2.24, 2.45) is 0 Å². The van der Waals surface area contributed by atoms with Gasteiger partial charge in [-0.15, -0.1) is 34.0 Å². The molecule has 0 bridgehead atoms. The normalized spacial score (nSPS) is 26.4. The molecule has 4 heteroatoms. The summed E-state index contributed by atoms with van der Waals surface area (Å²) in [5, 5.41) is 0. The summed E-state index contributed by atoms with van der Waals surface area (Å²) in [6.45, 7) is 15.0. The fourth-order valence-electron chi connectivity index (χ4n) is 4.76. The molecule has 0 heterocycles. The van der Waals surface area contributed by atoms with Gasteiger partial charge in [0, 0.05) is 0 Å². The number of allylic oxidation sites excluding steroid dienone is 8. The molecule has 149 valence electrons. The summed E-state index contributed by atoms with van der Waals surface area (Å²) >= 11 is -1.69. The molecule has 0 nitrogen and oxygen atoms in total. The van der Waals surface area contributed by atoms with Gasteiger partial charge in [-0.25, -0.2) is 0 Å². The van der Waals surface area contributed by atoms with E-state index in [0.29, 0.717) is 6.25 Å². The van der Waals surface area contributed by atoms with Crippen LogP contribution in [0.5, 0.6) is 0 Å². The standard InChI is InChI=1S/2C10H15.C2H7Si.2BrH.Zr/c2*1-3-4-5-10-7-6-9(2)8-10;1-3-2;;;/h2*6-8H,3-5H2,1-2H3;3H,1-2H3;2*1H;. The second-order valence-corrected chi connectivity index (χ2v) is 30.0. The molecular formula is C22H39Br2SiZr. The average Bonchev–Trinajstić information content (AvgIpc) is 3.07. The van der Waals surface area contributed by atoms with Crippen LogP contribution in [0.25, 0.3) is 0 Å². The summed E-state index contributed by atoms with van der Waals surface area (Å²) in [5.41, 5.74) is 3.24. The van der Waals surface area contributed by atoms with Crippen LogP contribution < -0.4 is 0 Å². The molecule has 0 saturated carbocycles. The molecule has 0 aromatic heterocycles. The van der Waals surface area contributed by atoms with Gasteiger partial charge in [0.2, 0.25) is 0 Å². The Hall–Kier alpha value is 1.02. The van der Waals surface area contributed by atoms with E-state index in [4.69, 9.17) is 0 Å². The fraction of sp³-hybridized carbons (Fsp3) is 0.636. The van der Waals surface area contributed by atoms with Crippen LogP contribution in [0.4, 0.5) is 0 Å². The third-order valence-electron chi connectivity index (χ3n) is 5.63. The predicted octanol–water partition coefficient (Wildman–Crippen LogP) is 8.47. The van der Waals surface area contributed by atoms with E-state index < -0.39 is 26.8 Å². The quantitative estimate of drug-likeness (QED) is 0.239. The van der Waals surface area contributed by atoms with Gasteiger partial charge in [0.15, 0.2) is 0 Å². The van der Waals surface area contributed by atoms with Crippen molar-refractivity contribution < 1.29 is 20.9 Å². The van der Waals surface area contributed by atoms with Crippen molar-refractivity contribution in [1.82, 2.24) is 0 Å². The number of hydrogen-bond acceptors (Lipinski definition) is 0. The molecular weight excluding hydrogens is 543 g/mol. The van der Waals surface area contributed by atoms with Gasteiger partial charge >= 0.3 is 160 Å². The minimum atomic E-state index is -1.69. The molecule has 0 aliphatic heterocycles. The summed E-state index contributed by atoms with van der Waals surface area (Å²) in [5.74, 6) is -0.630. The molecule has 2 unspecified atom stereocenters. The van der Waals surface area contributed by atoms with Crippen LogP contribution in [0.1, 0.15) is 66.2 Å². The third-order valence-corrected chi connectivity index (χ3v) is 29.9. The second-order valence-electron chi connectivity index (χ2n) is 8.45. The van der Waals surface area contributed by atoms with E-state index in [-0.39, 0.29) is 34.0 Å². The van der Waals surface area contributed by atoms with E-state index >= 15 is 0 Å². The van der Waals surface area contributed by atoms with E-state index in [0.717, 1.165) is 0 Å². The van der Waals surface area contributed by atoms with Crippen LogP contribution >= 0.6 is 34.0 Å². The molecule has 26 heavy (non-hydrogen) atoms. The molecule has 0 aromatic carbocycles. The first kappa shape index (κ1) is 27.0. The van der Waals surface area contributed by atoms with Crippen molar-refractivity contribution in [3.05, 3.63) is 47.6 Å². The van der Waals surface area contributed by atoms with Gasteiger partial charge < -0.3 is 0 Å². The van der Waals surface area contributed by atoms with Crippen molar-refractivity contribution in [1.29, 1.82) is 0 Å². The zero-order chi connectivity index (χ0) is 17.8. The van der Waals surface area contributed by atoms with E-state index in [1.165, 1.54) is 38.5 Å². The summed E-state index contributed by atoms with van der Waals surface area (Å²) in [6.07, 6.45) is 23.4. The molecule has 0 fully saturated rings. The van der Waals surface area contributed by atoms with E-state index in [9.17, 15) is 0 Å². The minimum absolute atomic E-state index is 0. The molecule has 2 rings (SSSR count). The Bertz CT molecular complexity index is 518. The van der Waals surface area contributed by atoms with Gasteiger partial charge in [-0.3, -0.25) is 0 Å². The van der Waals surface area contributed by atoms with Gasteiger partial charge in [0.05, 0.1) is 0 Å². The van der Waals surface area contributed by atoms with Crippen LogP contribution in [0.3, 0.4) is 0 Å². The monoisotopic (exact) mass is 579 g/mol. The number of unbranched alkanes of at least 4 members (excludes halogenated alkanes) is 2. The first-order valence-electron chi connectivity index (χ1n) is 10.0. The first-order chi connectivity index (χ1) is 11.3. The van der Waals surface area contributed by atoms with E-state index in [1.54, 1.807) is 11.1 Å². The Balaban J connectivity index is 0.00000312. The summed E-state index contributed by atoms with van der Waals surface area (Å²) in [6, 6.07) is 0. The van der Waals surface area contributed by atoms with Crippen LogP contribution in [-0.2, 0) is 20.9 Å². The first-order valence-corrected chi connectivity index (χ1v) is 19.6. The van der Waals surface area contributed by atoms with Crippen molar-refractivity contribution >= 4 is 39.9 Å². The molecule has 0 N–H and O–H groups in total. The number of halogens is 2. The Labute approximate surface area is 192 Å². The maximum absolute atomic E-state index is 2.70. The molecule has 0 spiro atoms. The summed E-state index contributed by atoms with van der Waals surface area (Å²) in [4.78, 5) is 0. The molecule has 2 aliphatic carbocycles. The molecule has 2 atom stereocenters. The Morgan fingerprint density at radius 2 is 1.19 bits per heavy atom. The Kier molecular flexibility index (Phi) is 12.4. The van der Waals surface area contributed by atoms with Gasteiger partial charge in [0.25, 0.3) is 0 Å². The van der Waals surface area contributed by atoms with Crippen LogP contribution in [0, 0.1) is 0 Å². The number of hydrogen-bond donors (Lipinski definition) is 0. The van der Waals surface area contributed by atoms with E-state index in [2.05, 4.69) is 77.2 Å². The Morgan fingerprint density at radius 3 is 1.50 bits per heavy atom. The predicted molar refractivity (Wildman–Crippen MR) is 130 cm³/mol.